The second-order valence-corrected chi connectivity index (χ2v) is 15.9. The van der Waals surface area contributed by atoms with Crippen molar-refractivity contribution in [2.45, 2.75) is 90.5 Å². The van der Waals surface area contributed by atoms with E-state index in [1.807, 2.05) is 65.8 Å². The molecule has 2 amide bonds. The number of aliphatic hydroxyl groups excluding tert-OH is 2. The molecule has 2 aliphatic heterocycles. The zero-order chi connectivity index (χ0) is 42.4. The molecular formula is C46H54F4N2O6. The monoisotopic (exact) mass is 806 g/mol. The summed E-state index contributed by atoms with van der Waals surface area (Å²) in [5.74, 6) is -2.22. The van der Waals surface area contributed by atoms with Gasteiger partial charge >= 0.3 is 12.2 Å². The lowest BCUT2D eigenvalue weighted by atomic mass is 9.83. The fourth-order valence-corrected chi connectivity index (χ4v) is 7.88. The van der Waals surface area contributed by atoms with Gasteiger partial charge in [0.1, 0.15) is 34.5 Å². The Bertz CT molecular complexity index is 1880. The van der Waals surface area contributed by atoms with E-state index in [2.05, 4.69) is 0 Å². The number of benzene rings is 4. The molecule has 12 heteroatoms. The summed E-state index contributed by atoms with van der Waals surface area (Å²) < 4.78 is 65.9. The number of ether oxygens (including phenoxy) is 2. The number of rotatable bonds is 12. The summed E-state index contributed by atoms with van der Waals surface area (Å²) in [5.41, 5.74) is 2.46. The number of carbonyl (C=O) groups is 2. The van der Waals surface area contributed by atoms with Crippen molar-refractivity contribution in [3.8, 4) is 22.3 Å². The van der Waals surface area contributed by atoms with E-state index in [1.165, 1.54) is 24.3 Å². The van der Waals surface area contributed by atoms with Crippen LogP contribution in [0.3, 0.4) is 0 Å². The number of hydrogen-bond acceptors (Lipinski definition) is 6. The minimum absolute atomic E-state index is 0.0254. The number of cyclic esters (lactones) is 2. The Kier molecular flexibility index (Phi) is 14.3. The molecule has 0 unspecified atom stereocenters. The van der Waals surface area contributed by atoms with Gasteiger partial charge in [0.2, 0.25) is 0 Å². The SMILES string of the molecule is CC(C)[C@@]1(CCO)CCN([C@@H](C)c2ccc(-c3ccc(F)cc3F)cc2)C(=O)O1.CC(C)[C@]1(CCO)CCN([C@@H](C)c2ccc(-c3ccc(F)cc3F)cc2)C(=O)O1. The van der Waals surface area contributed by atoms with Gasteiger partial charge in [-0.05, 0) is 72.2 Å². The number of carbonyl (C=O) groups excluding carboxylic acids is 2. The topological polar surface area (TPSA) is 99.5 Å². The second kappa shape index (κ2) is 18.8. The summed E-state index contributed by atoms with van der Waals surface area (Å²) in [6.45, 7) is 12.8. The molecule has 312 valence electrons. The smallest absolute Gasteiger partial charge is 0.410 e. The van der Waals surface area contributed by atoms with Gasteiger partial charge in [0.25, 0.3) is 0 Å². The quantitative estimate of drug-likeness (QED) is 0.138. The molecule has 4 atom stereocenters. The predicted molar refractivity (Wildman–Crippen MR) is 215 cm³/mol. The molecule has 2 N–H and O–H groups in total. The standard InChI is InChI=1S/2C23H27F2NO3/c2*1-15(2)23(11-13-27)10-12-26(22(28)29-23)16(3)17-4-6-18(7-5-17)20-9-8-19(24)14-21(20)25/h2*4-9,14-16,27H,10-13H2,1-3H3/t16-,23+;16-,23-/m00/s1. The van der Waals surface area contributed by atoms with Gasteiger partial charge in [0, 0.05) is 75.2 Å². The fourth-order valence-electron chi connectivity index (χ4n) is 7.88. The number of hydrogen-bond donors (Lipinski definition) is 2. The molecule has 2 fully saturated rings. The van der Waals surface area contributed by atoms with Gasteiger partial charge in [0.05, 0.1) is 12.1 Å². The second-order valence-electron chi connectivity index (χ2n) is 15.9. The number of halogens is 4. The van der Waals surface area contributed by atoms with E-state index in [0.29, 0.717) is 61.0 Å². The molecule has 0 radical (unpaired) electrons. The average Bonchev–Trinajstić information content (AvgIpc) is 3.18. The Morgan fingerprint density at radius 1 is 0.569 bits per heavy atom. The molecule has 0 bridgehead atoms. The molecule has 58 heavy (non-hydrogen) atoms. The third kappa shape index (κ3) is 9.67. The summed E-state index contributed by atoms with van der Waals surface area (Å²) in [5, 5.41) is 18.7. The Labute approximate surface area is 338 Å². The zero-order valence-corrected chi connectivity index (χ0v) is 34.0. The van der Waals surface area contributed by atoms with E-state index in [9.17, 15) is 37.4 Å². The molecule has 4 aromatic rings. The predicted octanol–water partition coefficient (Wildman–Crippen LogP) is 10.6. The molecule has 4 aromatic carbocycles. The molecule has 0 aliphatic carbocycles. The van der Waals surface area contributed by atoms with Crippen molar-refractivity contribution in [1.82, 2.24) is 9.80 Å². The average molecular weight is 807 g/mol. The van der Waals surface area contributed by atoms with Gasteiger partial charge in [-0.3, -0.25) is 0 Å². The third-order valence-electron chi connectivity index (χ3n) is 12.0. The lowest BCUT2D eigenvalue weighted by Crippen LogP contribution is -2.53. The first-order chi connectivity index (χ1) is 27.5. The maximum atomic E-state index is 14.0. The maximum absolute atomic E-state index is 14.0. The van der Waals surface area contributed by atoms with Crippen molar-refractivity contribution in [2.75, 3.05) is 26.3 Å². The van der Waals surface area contributed by atoms with E-state index in [1.54, 1.807) is 34.1 Å². The van der Waals surface area contributed by atoms with Gasteiger partial charge < -0.3 is 29.5 Å². The van der Waals surface area contributed by atoms with Crippen LogP contribution in [0.25, 0.3) is 22.3 Å². The molecule has 0 spiro atoms. The summed E-state index contributed by atoms with van der Waals surface area (Å²) >= 11 is 0. The van der Waals surface area contributed by atoms with E-state index < -0.39 is 34.5 Å². The Hall–Kier alpha value is -4.94. The highest BCUT2D eigenvalue weighted by Gasteiger charge is 2.45. The zero-order valence-electron chi connectivity index (χ0n) is 34.0. The van der Waals surface area contributed by atoms with Crippen LogP contribution in [-0.4, -0.2) is 69.7 Å². The van der Waals surface area contributed by atoms with Crippen LogP contribution in [0, 0.1) is 35.1 Å². The molecule has 0 aromatic heterocycles. The fraction of sp³-hybridized carbons (Fsp3) is 0.435. The summed E-state index contributed by atoms with van der Waals surface area (Å²) in [6.07, 6.45) is 1.38. The largest absolute Gasteiger partial charge is 0.442 e. The molecule has 2 aliphatic rings. The Balaban J connectivity index is 0.000000221. The highest BCUT2D eigenvalue weighted by atomic mass is 19.1. The molecule has 2 saturated heterocycles. The van der Waals surface area contributed by atoms with Gasteiger partial charge in [-0.2, -0.15) is 0 Å². The highest BCUT2D eigenvalue weighted by Crippen LogP contribution is 2.39. The normalized spacial score (nSPS) is 20.7. The summed E-state index contributed by atoms with van der Waals surface area (Å²) in [6, 6.07) is 21.0. The minimum Gasteiger partial charge on any atom is -0.442 e. The van der Waals surface area contributed by atoms with E-state index >= 15 is 0 Å². The first-order valence-electron chi connectivity index (χ1n) is 19.9. The third-order valence-corrected chi connectivity index (χ3v) is 12.0. The van der Waals surface area contributed by atoms with Crippen molar-refractivity contribution in [1.29, 1.82) is 0 Å². The number of aliphatic hydroxyl groups is 2. The molecule has 2 heterocycles. The van der Waals surface area contributed by atoms with Gasteiger partial charge in [-0.1, -0.05) is 76.2 Å². The number of nitrogens with zero attached hydrogens (tertiary/aromatic N) is 2. The van der Waals surface area contributed by atoms with Crippen LogP contribution in [0.1, 0.15) is 90.4 Å². The van der Waals surface area contributed by atoms with E-state index in [0.717, 1.165) is 23.3 Å². The first kappa shape index (κ1) is 44.2. The van der Waals surface area contributed by atoms with Crippen LogP contribution in [0.4, 0.5) is 27.2 Å². The van der Waals surface area contributed by atoms with Crippen molar-refractivity contribution >= 4 is 12.2 Å². The van der Waals surface area contributed by atoms with Crippen molar-refractivity contribution in [3.63, 3.8) is 0 Å². The van der Waals surface area contributed by atoms with Crippen molar-refractivity contribution in [2.24, 2.45) is 11.8 Å². The lowest BCUT2D eigenvalue weighted by molar-refractivity contribution is -0.0935. The van der Waals surface area contributed by atoms with Gasteiger partial charge in [-0.25, -0.2) is 27.2 Å². The highest BCUT2D eigenvalue weighted by molar-refractivity contribution is 5.71. The van der Waals surface area contributed by atoms with Crippen LogP contribution in [0.2, 0.25) is 0 Å². The van der Waals surface area contributed by atoms with E-state index in [-0.39, 0.29) is 49.3 Å². The summed E-state index contributed by atoms with van der Waals surface area (Å²) in [4.78, 5) is 28.8. The number of amides is 2. The van der Waals surface area contributed by atoms with Crippen molar-refractivity contribution in [3.05, 3.63) is 119 Å². The molecule has 8 nitrogen and oxygen atoms in total. The van der Waals surface area contributed by atoms with Crippen LogP contribution >= 0.6 is 0 Å². The molecule has 0 saturated carbocycles. The van der Waals surface area contributed by atoms with Gasteiger partial charge in [-0.15, -0.1) is 0 Å². The van der Waals surface area contributed by atoms with Crippen LogP contribution in [0.15, 0.2) is 84.9 Å². The Morgan fingerprint density at radius 2 is 0.914 bits per heavy atom. The lowest BCUT2D eigenvalue weighted by Gasteiger charge is -2.45. The van der Waals surface area contributed by atoms with Crippen LogP contribution in [0.5, 0.6) is 0 Å². The van der Waals surface area contributed by atoms with E-state index in [4.69, 9.17) is 9.47 Å². The van der Waals surface area contributed by atoms with Gasteiger partial charge in [0.15, 0.2) is 0 Å². The van der Waals surface area contributed by atoms with Crippen LogP contribution < -0.4 is 0 Å². The minimum atomic E-state index is -0.633. The summed E-state index contributed by atoms with van der Waals surface area (Å²) in [7, 11) is 0. The molecule has 6 rings (SSSR count). The van der Waals surface area contributed by atoms with Crippen molar-refractivity contribution < 1.29 is 46.8 Å². The maximum Gasteiger partial charge on any atom is 0.410 e. The molecular weight excluding hydrogens is 753 g/mol. The first-order valence-corrected chi connectivity index (χ1v) is 19.9. The van der Waals surface area contributed by atoms with Crippen LogP contribution in [-0.2, 0) is 9.47 Å². The Morgan fingerprint density at radius 3 is 1.19 bits per heavy atom.